The lowest BCUT2D eigenvalue weighted by Gasteiger charge is -2.17. The summed E-state index contributed by atoms with van der Waals surface area (Å²) in [5, 5.41) is 2.91. The summed E-state index contributed by atoms with van der Waals surface area (Å²) in [6, 6.07) is 25.3. The van der Waals surface area contributed by atoms with Crippen molar-refractivity contribution in [3.05, 3.63) is 78.9 Å². The fraction of sp³-hybridized carbons (Fsp3) is 0.240. The van der Waals surface area contributed by atoms with Gasteiger partial charge in [0.05, 0.1) is 12.3 Å². The second kappa shape index (κ2) is 10.3. The number of carbonyl (C=O) groups is 1. The molecule has 1 atom stereocenters. The molecular weight excluding hydrogens is 362 g/mol. The lowest BCUT2D eigenvalue weighted by Crippen LogP contribution is -2.30. The first-order valence-electron chi connectivity index (χ1n) is 10.0. The highest BCUT2D eigenvalue weighted by molar-refractivity contribution is 5.95. The van der Waals surface area contributed by atoms with Crippen LogP contribution >= 0.6 is 0 Å². The van der Waals surface area contributed by atoms with Crippen LogP contribution in [0, 0.1) is 0 Å². The zero-order valence-corrected chi connectivity index (χ0v) is 16.9. The molecule has 0 aliphatic rings. The van der Waals surface area contributed by atoms with Crippen LogP contribution in [0.15, 0.2) is 78.9 Å². The average molecular weight is 389 g/mol. The van der Waals surface area contributed by atoms with Gasteiger partial charge in [0.15, 0.2) is 6.10 Å². The second-order valence-electron chi connectivity index (χ2n) is 6.84. The zero-order valence-electron chi connectivity index (χ0n) is 16.9. The van der Waals surface area contributed by atoms with E-state index in [1.165, 1.54) is 0 Å². The normalized spacial score (nSPS) is 11.5. The fourth-order valence-electron chi connectivity index (χ4n) is 2.87. The molecule has 3 rings (SSSR count). The van der Waals surface area contributed by atoms with Crippen molar-refractivity contribution >= 4 is 11.6 Å². The van der Waals surface area contributed by atoms with E-state index < -0.39 is 6.10 Å². The van der Waals surface area contributed by atoms with Gasteiger partial charge >= 0.3 is 0 Å². The summed E-state index contributed by atoms with van der Waals surface area (Å²) in [6.07, 6.45) is 1.39. The van der Waals surface area contributed by atoms with Crippen LogP contribution in [0.5, 0.6) is 11.5 Å². The number of hydrogen-bond donors (Lipinski definition) is 1. The minimum atomic E-state index is -0.638. The number of carbonyl (C=O) groups excluding carboxylic acids is 1. The van der Waals surface area contributed by atoms with Gasteiger partial charge in [-0.15, -0.1) is 0 Å². The molecule has 1 amide bonds. The van der Waals surface area contributed by atoms with Crippen molar-refractivity contribution in [2.24, 2.45) is 0 Å². The number of anilines is 1. The van der Waals surface area contributed by atoms with Crippen molar-refractivity contribution in [1.29, 1.82) is 0 Å². The Morgan fingerprint density at radius 2 is 1.55 bits per heavy atom. The smallest absolute Gasteiger partial charge is 0.265 e. The molecule has 1 unspecified atom stereocenters. The summed E-state index contributed by atoms with van der Waals surface area (Å²) >= 11 is 0. The van der Waals surface area contributed by atoms with E-state index in [0.29, 0.717) is 23.8 Å². The number of benzene rings is 3. The van der Waals surface area contributed by atoms with E-state index in [1.807, 2.05) is 66.7 Å². The molecule has 4 nitrogen and oxygen atoms in total. The van der Waals surface area contributed by atoms with Crippen LogP contribution < -0.4 is 14.8 Å². The molecule has 3 aromatic rings. The van der Waals surface area contributed by atoms with Crippen molar-refractivity contribution in [2.45, 2.75) is 32.8 Å². The van der Waals surface area contributed by atoms with E-state index >= 15 is 0 Å². The van der Waals surface area contributed by atoms with Crippen LogP contribution in [0.3, 0.4) is 0 Å². The predicted molar refractivity (Wildman–Crippen MR) is 117 cm³/mol. The van der Waals surface area contributed by atoms with Crippen molar-refractivity contribution in [3.8, 4) is 22.6 Å². The number of nitrogens with one attached hydrogen (secondary N) is 1. The van der Waals surface area contributed by atoms with Crippen molar-refractivity contribution < 1.29 is 14.3 Å². The van der Waals surface area contributed by atoms with E-state index in [0.717, 1.165) is 24.0 Å². The van der Waals surface area contributed by atoms with Gasteiger partial charge in [-0.05, 0) is 48.7 Å². The Kier molecular flexibility index (Phi) is 7.28. The first-order valence-corrected chi connectivity index (χ1v) is 10.0. The molecule has 29 heavy (non-hydrogen) atoms. The molecule has 0 heterocycles. The van der Waals surface area contributed by atoms with Crippen LogP contribution in [0.25, 0.3) is 11.1 Å². The van der Waals surface area contributed by atoms with Gasteiger partial charge in [-0.3, -0.25) is 4.79 Å². The number of ether oxygens (including phenoxy) is 2. The molecule has 0 radical (unpaired) electrons. The highest BCUT2D eigenvalue weighted by atomic mass is 16.5. The van der Waals surface area contributed by atoms with Crippen LogP contribution in [0.2, 0.25) is 0 Å². The third kappa shape index (κ3) is 5.85. The van der Waals surface area contributed by atoms with Crippen LogP contribution in [-0.2, 0) is 4.79 Å². The Bertz CT molecular complexity index is 907. The largest absolute Gasteiger partial charge is 0.491 e. The molecule has 150 valence electrons. The number of amides is 1. The minimum absolute atomic E-state index is 0.219. The number of hydrogen-bond acceptors (Lipinski definition) is 3. The van der Waals surface area contributed by atoms with Crippen molar-refractivity contribution in [3.63, 3.8) is 0 Å². The maximum Gasteiger partial charge on any atom is 0.265 e. The van der Waals surface area contributed by atoms with Gasteiger partial charge in [-0.25, -0.2) is 0 Å². The first kappa shape index (κ1) is 20.5. The van der Waals surface area contributed by atoms with E-state index in [1.54, 1.807) is 6.92 Å². The van der Waals surface area contributed by atoms with E-state index in [9.17, 15) is 4.79 Å². The lowest BCUT2D eigenvalue weighted by molar-refractivity contribution is -0.122. The Morgan fingerprint density at radius 1 is 0.897 bits per heavy atom. The van der Waals surface area contributed by atoms with Gasteiger partial charge in [-0.1, -0.05) is 67.9 Å². The third-order valence-electron chi connectivity index (χ3n) is 4.54. The van der Waals surface area contributed by atoms with Gasteiger partial charge in [0, 0.05) is 0 Å². The van der Waals surface area contributed by atoms with E-state index in [4.69, 9.17) is 9.47 Å². The predicted octanol–water partition coefficient (Wildman–Crippen LogP) is 5.94. The number of rotatable bonds is 9. The van der Waals surface area contributed by atoms with Gasteiger partial charge in [0.2, 0.25) is 0 Å². The monoisotopic (exact) mass is 389 g/mol. The van der Waals surface area contributed by atoms with Gasteiger partial charge in [0.1, 0.15) is 11.5 Å². The number of unbranched alkanes of at least 4 members (excludes halogenated alkanes) is 1. The second-order valence-corrected chi connectivity index (χ2v) is 6.84. The molecule has 0 saturated heterocycles. The average Bonchev–Trinajstić information content (AvgIpc) is 2.76. The van der Waals surface area contributed by atoms with E-state index in [-0.39, 0.29) is 5.91 Å². The Balaban J connectivity index is 1.60. The fourth-order valence-corrected chi connectivity index (χ4v) is 2.87. The third-order valence-corrected chi connectivity index (χ3v) is 4.54. The Labute approximate surface area is 172 Å². The summed E-state index contributed by atoms with van der Waals surface area (Å²) < 4.78 is 11.6. The maximum atomic E-state index is 12.6. The van der Waals surface area contributed by atoms with Gasteiger partial charge in [0.25, 0.3) is 5.91 Å². The number of para-hydroxylation sites is 2. The Morgan fingerprint density at radius 3 is 2.28 bits per heavy atom. The van der Waals surface area contributed by atoms with E-state index in [2.05, 4.69) is 24.4 Å². The highest BCUT2D eigenvalue weighted by Gasteiger charge is 2.16. The Hall–Kier alpha value is -3.27. The van der Waals surface area contributed by atoms with Gasteiger partial charge in [-0.2, -0.15) is 0 Å². The quantitative estimate of drug-likeness (QED) is 0.461. The zero-order chi connectivity index (χ0) is 20.5. The molecule has 0 saturated carbocycles. The summed E-state index contributed by atoms with van der Waals surface area (Å²) in [4.78, 5) is 12.6. The molecule has 0 aromatic heterocycles. The molecule has 0 bridgehead atoms. The lowest BCUT2D eigenvalue weighted by atomic mass is 10.1. The minimum Gasteiger partial charge on any atom is -0.491 e. The SMILES string of the molecule is CCCCOc1ccccc1NC(=O)C(C)Oc1ccc(-c2ccccc2)cc1. The molecular formula is C25H27NO3. The molecule has 3 aromatic carbocycles. The molecule has 0 aliphatic heterocycles. The van der Waals surface area contributed by atoms with Crippen LogP contribution in [-0.4, -0.2) is 18.6 Å². The molecule has 4 heteroatoms. The van der Waals surface area contributed by atoms with Crippen molar-refractivity contribution in [2.75, 3.05) is 11.9 Å². The van der Waals surface area contributed by atoms with Crippen molar-refractivity contribution in [1.82, 2.24) is 0 Å². The molecule has 0 fully saturated rings. The van der Waals surface area contributed by atoms with Crippen LogP contribution in [0.4, 0.5) is 5.69 Å². The summed E-state index contributed by atoms with van der Waals surface area (Å²) in [5.41, 5.74) is 2.90. The summed E-state index contributed by atoms with van der Waals surface area (Å²) in [6.45, 7) is 4.48. The summed E-state index contributed by atoms with van der Waals surface area (Å²) in [7, 11) is 0. The first-order chi connectivity index (χ1) is 14.2. The molecule has 1 N–H and O–H groups in total. The summed E-state index contributed by atoms with van der Waals surface area (Å²) in [5.74, 6) is 1.11. The standard InChI is InChI=1S/C25H27NO3/c1-3-4-18-28-24-13-9-8-12-23(24)26-25(27)19(2)29-22-16-14-21(15-17-22)20-10-6-5-7-11-20/h5-17,19H,3-4,18H2,1-2H3,(H,26,27). The highest BCUT2D eigenvalue weighted by Crippen LogP contribution is 2.25. The topological polar surface area (TPSA) is 47.6 Å². The molecule has 0 aliphatic carbocycles. The van der Waals surface area contributed by atoms with Crippen LogP contribution in [0.1, 0.15) is 26.7 Å². The maximum absolute atomic E-state index is 12.6. The van der Waals surface area contributed by atoms with Gasteiger partial charge < -0.3 is 14.8 Å². The molecule has 0 spiro atoms.